The summed E-state index contributed by atoms with van der Waals surface area (Å²) in [4.78, 5) is 21.9. The van der Waals surface area contributed by atoms with Gasteiger partial charge in [-0.05, 0) is 18.2 Å². The predicted molar refractivity (Wildman–Crippen MR) is 51.6 cm³/mol. The van der Waals surface area contributed by atoms with Crippen LogP contribution in [0.15, 0.2) is 18.2 Å². The zero-order valence-corrected chi connectivity index (χ0v) is 8.34. The highest BCUT2D eigenvalue weighted by atomic mass is 19.4. The first-order valence-corrected chi connectivity index (χ1v) is 4.29. The normalized spacial score (nSPS) is 11.1. The standard InChI is InChI=1S/C9H8F3N3O2/c10-9(11,12)6-3-4(7(13)16)1-2-5(6)8(17)15-14/h1-3H,14H2,(H2,13,16)(H,15,17). The van der Waals surface area contributed by atoms with Gasteiger partial charge in [-0.15, -0.1) is 0 Å². The fourth-order valence-electron chi connectivity index (χ4n) is 1.21. The minimum atomic E-state index is -4.78. The third kappa shape index (κ3) is 2.72. The van der Waals surface area contributed by atoms with Crippen molar-refractivity contribution in [3.05, 3.63) is 34.9 Å². The van der Waals surface area contributed by atoms with Crippen LogP contribution in [0.4, 0.5) is 13.2 Å². The van der Waals surface area contributed by atoms with Crippen LogP contribution in [0, 0.1) is 0 Å². The van der Waals surface area contributed by atoms with Crippen molar-refractivity contribution in [2.45, 2.75) is 6.18 Å². The molecule has 1 aromatic rings. The van der Waals surface area contributed by atoms with E-state index in [0.717, 1.165) is 12.1 Å². The maximum atomic E-state index is 12.6. The Morgan fingerprint density at radius 2 is 1.82 bits per heavy atom. The number of hydrazine groups is 1. The van der Waals surface area contributed by atoms with Gasteiger partial charge in [0.2, 0.25) is 5.91 Å². The molecule has 0 saturated heterocycles. The molecule has 1 rings (SSSR count). The first-order chi connectivity index (χ1) is 7.77. The molecule has 0 heterocycles. The van der Waals surface area contributed by atoms with Crippen molar-refractivity contribution in [1.29, 1.82) is 0 Å². The summed E-state index contributed by atoms with van der Waals surface area (Å²) in [6.07, 6.45) is -4.78. The summed E-state index contributed by atoms with van der Waals surface area (Å²) in [6.45, 7) is 0. The minimum Gasteiger partial charge on any atom is -0.366 e. The van der Waals surface area contributed by atoms with Crippen LogP contribution in [0.3, 0.4) is 0 Å². The molecule has 0 bridgehead atoms. The number of hydrogen-bond donors (Lipinski definition) is 3. The van der Waals surface area contributed by atoms with Gasteiger partial charge in [-0.1, -0.05) is 0 Å². The molecule has 0 spiro atoms. The molecule has 0 unspecified atom stereocenters. The van der Waals surface area contributed by atoms with Gasteiger partial charge < -0.3 is 5.73 Å². The Hall–Kier alpha value is -2.09. The van der Waals surface area contributed by atoms with Crippen molar-refractivity contribution in [2.75, 3.05) is 0 Å². The fraction of sp³-hybridized carbons (Fsp3) is 0.111. The molecule has 0 aromatic heterocycles. The smallest absolute Gasteiger partial charge is 0.366 e. The van der Waals surface area contributed by atoms with E-state index in [-0.39, 0.29) is 5.56 Å². The lowest BCUT2D eigenvalue weighted by Crippen LogP contribution is -2.32. The molecule has 0 radical (unpaired) electrons. The topological polar surface area (TPSA) is 98.2 Å². The lowest BCUT2D eigenvalue weighted by molar-refractivity contribution is -0.137. The Bertz CT molecular complexity index is 471. The van der Waals surface area contributed by atoms with Crippen LogP contribution in [0.25, 0.3) is 0 Å². The highest BCUT2D eigenvalue weighted by Crippen LogP contribution is 2.32. The molecule has 0 atom stereocenters. The van der Waals surface area contributed by atoms with Gasteiger partial charge >= 0.3 is 6.18 Å². The summed E-state index contributed by atoms with van der Waals surface area (Å²) in [6, 6.07) is 2.36. The van der Waals surface area contributed by atoms with Crippen molar-refractivity contribution in [3.63, 3.8) is 0 Å². The van der Waals surface area contributed by atoms with E-state index in [1.54, 1.807) is 5.43 Å². The van der Waals surface area contributed by atoms with Crippen molar-refractivity contribution < 1.29 is 22.8 Å². The molecule has 0 aliphatic heterocycles. The summed E-state index contributed by atoms with van der Waals surface area (Å²) in [7, 11) is 0. The van der Waals surface area contributed by atoms with Crippen molar-refractivity contribution in [2.24, 2.45) is 11.6 Å². The van der Waals surface area contributed by atoms with Gasteiger partial charge in [0.1, 0.15) is 0 Å². The molecule has 0 aliphatic carbocycles. The molecular formula is C9H8F3N3O2. The second-order valence-electron chi connectivity index (χ2n) is 3.10. The zero-order valence-electron chi connectivity index (χ0n) is 8.34. The SMILES string of the molecule is NNC(=O)c1ccc(C(N)=O)cc1C(F)(F)F. The van der Waals surface area contributed by atoms with E-state index in [4.69, 9.17) is 11.6 Å². The number of hydrogen-bond acceptors (Lipinski definition) is 3. The van der Waals surface area contributed by atoms with Crippen LogP contribution < -0.4 is 17.0 Å². The van der Waals surface area contributed by atoms with Crippen molar-refractivity contribution in [3.8, 4) is 0 Å². The Morgan fingerprint density at radius 1 is 1.24 bits per heavy atom. The van der Waals surface area contributed by atoms with Crippen molar-refractivity contribution >= 4 is 11.8 Å². The van der Waals surface area contributed by atoms with E-state index in [9.17, 15) is 22.8 Å². The van der Waals surface area contributed by atoms with E-state index >= 15 is 0 Å². The molecule has 1 aromatic carbocycles. The Balaban J connectivity index is 3.42. The van der Waals surface area contributed by atoms with E-state index in [1.165, 1.54) is 0 Å². The third-order valence-electron chi connectivity index (χ3n) is 1.99. The largest absolute Gasteiger partial charge is 0.417 e. The summed E-state index contributed by atoms with van der Waals surface area (Å²) >= 11 is 0. The molecule has 8 heteroatoms. The van der Waals surface area contributed by atoms with E-state index in [0.29, 0.717) is 6.07 Å². The van der Waals surface area contributed by atoms with Crippen LogP contribution in [0.1, 0.15) is 26.3 Å². The second-order valence-corrected chi connectivity index (χ2v) is 3.10. The first kappa shape index (κ1) is 13.0. The van der Waals surface area contributed by atoms with Gasteiger partial charge in [-0.3, -0.25) is 15.0 Å². The van der Waals surface area contributed by atoms with Crippen LogP contribution in [-0.4, -0.2) is 11.8 Å². The number of amides is 2. The molecule has 92 valence electrons. The van der Waals surface area contributed by atoms with Crippen molar-refractivity contribution in [1.82, 2.24) is 5.43 Å². The Morgan fingerprint density at radius 3 is 2.24 bits per heavy atom. The van der Waals surface area contributed by atoms with E-state index < -0.39 is 29.1 Å². The first-order valence-electron chi connectivity index (χ1n) is 4.29. The van der Waals surface area contributed by atoms with Crippen LogP contribution in [-0.2, 0) is 6.18 Å². The van der Waals surface area contributed by atoms with Crippen LogP contribution in [0.5, 0.6) is 0 Å². The zero-order chi connectivity index (χ0) is 13.2. The number of carbonyl (C=O) groups is 2. The van der Waals surface area contributed by atoms with Gasteiger partial charge in [0.05, 0.1) is 11.1 Å². The predicted octanol–water partition coefficient (Wildman–Crippen LogP) is 0.408. The molecule has 5 nitrogen and oxygen atoms in total. The van der Waals surface area contributed by atoms with Gasteiger partial charge in [0.15, 0.2) is 0 Å². The minimum absolute atomic E-state index is 0.342. The summed E-state index contributed by atoms with van der Waals surface area (Å²) < 4.78 is 37.8. The number of nitrogens with one attached hydrogen (secondary N) is 1. The fourth-order valence-corrected chi connectivity index (χ4v) is 1.21. The van der Waals surface area contributed by atoms with Gasteiger partial charge in [0, 0.05) is 5.56 Å². The summed E-state index contributed by atoms with van der Waals surface area (Å²) in [5, 5.41) is 0. The van der Waals surface area contributed by atoms with Crippen LogP contribution >= 0.6 is 0 Å². The second kappa shape index (κ2) is 4.42. The number of carbonyl (C=O) groups excluding carboxylic acids is 2. The molecule has 0 aliphatic rings. The molecule has 2 amide bonds. The number of benzene rings is 1. The molecule has 0 fully saturated rings. The van der Waals surface area contributed by atoms with Gasteiger partial charge in [-0.25, -0.2) is 5.84 Å². The Labute approximate surface area is 93.5 Å². The summed E-state index contributed by atoms with van der Waals surface area (Å²) in [5.41, 5.74) is 4.16. The monoisotopic (exact) mass is 247 g/mol. The number of nitrogens with two attached hydrogens (primary N) is 2. The molecule has 0 saturated carbocycles. The maximum Gasteiger partial charge on any atom is 0.417 e. The molecule has 5 N–H and O–H groups in total. The number of primary amides is 1. The summed E-state index contributed by atoms with van der Waals surface area (Å²) in [5.74, 6) is 2.63. The van der Waals surface area contributed by atoms with Gasteiger partial charge in [0.25, 0.3) is 5.91 Å². The van der Waals surface area contributed by atoms with Crippen LogP contribution in [0.2, 0.25) is 0 Å². The average Bonchev–Trinajstić information content (AvgIpc) is 2.26. The molecule has 17 heavy (non-hydrogen) atoms. The highest BCUT2D eigenvalue weighted by molar-refractivity contribution is 5.98. The third-order valence-corrected chi connectivity index (χ3v) is 1.99. The lowest BCUT2D eigenvalue weighted by Gasteiger charge is -2.12. The number of halogens is 3. The maximum absolute atomic E-state index is 12.6. The number of nitrogen functional groups attached to an aromatic ring is 1. The number of rotatable bonds is 2. The van der Waals surface area contributed by atoms with E-state index in [2.05, 4.69) is 0 Å². The van der Waals surface area contributed by atoms with Gasteiger partial charge in [-0.2, -0.15) is 13.2 Å². The lowest BCUT2D eigenvalue weighted by atomic mass is 10.0. The highest BCUT2D eigenvalue weighted by Gasteiger charge is 2.35. The van der Waals surface area contributed by atoms with E-state index in [1.807, 2.05) is 0 Å². The molecular weight excluding hydrogens is 239 g/mol. The Kier molecular flexibility index (Phi) is 3.37. The average molecular weight is 247 g/mol. The quantitative estimate of drug-likeness (QED) is 0.401. The number of alkyl halides is 3.